The normalized spacial score (nSPS) is 27.2. The lowest BCUT2D eigenvalue weighted by molar-refractivity contribution is 0.887. The molecule has 2 unspecified atom stereocenters. The number of nitrogens with one attached hydrogen (secondary N) is 1. The van der Waals surface area contributed by atoms with Crippen molar-refractivity contribution in [1.82, 2.24) is 4.98 Å². The van der Waals surface area contributed by atoms with Gasteiger partial charge in [-0.1, -0.05) is 6.92 Å². The van der Waals surface area contributed by atoms with E-state index in [1.807, 2.05) is 0 Å². The van der Waals surface area contributed by atoms with Crippen molar-refractivity contribution >= 4 is 16.5 Å². The maximum Gasteiger partial charge on any atom is 0.197 e. The Morgan fingerprint density at radius 1 is 1.67 bits per heavy atom. The molecule has 1 aromatic rings. The highest BCUT2D eigenvalue weighted by molar-refractivity contribution is 7.15. The van der Waals surface area contributed by atoms with Crippen molar-refractivity contribution in [2.75, 3.05) is 5.43 Å². The molecule has 0 saturated heterocycles. The van der Waals surface area contributed by atoms with Gasteiger partial charge >= 0.3 is 0 Å². The molecular formula is C8H13N3S. The van der Waals surface area contributed by atoms with Crippen LogP contribution in [0.25, 0.3) is 0 Å². The van der Waals surface area contributed by atoms with E-state index in [-0.39, 0.29) is 0 Å². The summed E-state index contributed by atoms with van der Waals surface area (Å²) in [6, 6.07) is 0. The van der Waals surface area contributed by atoms with Gasteiger partial charge in [0.25, 0.3) is 0 Å². The number of rotatable bonds is 2. The van der Waals surface area contributed by atoms with Crippen molar-refractivity contribution in [3.8, 4) is 0 Å². The number of aromatic nitrogens is 1. The highest BCUT2D eigenvalue weighted by atomic mass is 32.1. The van der Waals surface area contributed by atoms with Crippen LogP contribution in [0.3, 0.4) is 0 Å². The summed E-state index contributed by atoms with van der Waals surface area (Å²) in [6.07, 6.45) is 1.29. The molecule has 66 valence electrons. The zero-order valence-corrected chi connectivity index (χ0v) is 8.11. The summed E-state index contributed by atoms with van der Waals surface area (Å²) in [5.41, 5.74) is 3.84. The molecule has 0 radical (unpaired) electrons. The van der Waals surface area contributed by atoms with Gasteiger partial charge in [0.1, 0.15) is 0 Å². The van der Waals surface area contributed by atoms with Gasteiger partial charge in [0, 0.05) is 10.8 Å². The molecule has 2 atom stereocenters. The van der Waals surface area contributed by atoms with Gasteiger partial charge in [-0.2, -0.15) is 0 Å². The first kappa shape index (κ1) is 8.01. The fraction of sp³-hybridized carbons (Fsp3) is 0.625. The quantitative estimate of drug-likeness (QED) is 0.543. The van der Waals surface area contributed by atoms with Crippen LogP contribution >= 0.6 is 11.3 Å². The minimum absolute atomic E-state index is 0.698. The number of thiazole rings is 1. The number of nitrogens with two attached hydrogens (primary N) is 1. The van der Waals surface area contributed by atoms with Crippen LogP contribution in [-0.4, -0.2) is 4.98 Å². The van der Waals surface area contributed by atoms with E-state index in [0.717, 1.165) is 11.0 Å². The average molecular weight is 183 g/mol. The number of nitrogens with zero attached hydrogens (tertiary/aromatic N) is 1. The molecule has 1 fully saturated rings. The second-order valence-electron chi connectivity index (χ2n) is 3.42. The van der Waals surface area contributed by atoms with Crippen LogP contribution in [0, 0.1) is 12.8 Å². The first-order valence-electron chi connectivity index (χ1n) is 4.16. The second-order valence-corrected chi connectivity index (χ2v) is 4.63. The van der Waals surface area contributed by atoms with Crippen LogP contribution in [0.5, 0.6) is 0 Å². The van der Waals surface area contributed by atoms with E-state index < -0.39 is 0 Å². The van der Waals surface area contributed by atoms with Crippen LogP contribution in [0.15, 0.2) is 0 Å². The molecule has 3 N–H and O–H groups in total. The van der Waals surface area contributed by atoms with E-state index in [1.165, 1.54) is 17.0 Å². The van der Waals surface area contributed by atoms with Crippen molar-refractivity contribution in [1.29, 1.82) is 0 Å². The Bertz CT molecular complexity index is 294. The molecule has 1 heterocycles. The van der Waals surface area contributed by atoms with Crippen LogP contribution in [-0.2, 0) is 0 Å². The van der Waals surface area contributed by atoms with Gasteiger partial charge in [-0.25, -0.2) is 10.8 Å². The Kier molecular flexibility index (Phi) is 1.81. The molecule has 0 aliphatic heterocycles. The number of hydrazine groups is 1. The molecular weight excluding hydrogens is 170 g/mol. The molecule has 12 heavy (non-hydrogen) atoms. The molecule has 1 aromatic heterocycles. The molecule has 0 aromatic carbocycles. The molecule has 0 spiro atoms. The Labute approximate surface area is 76.0 Å². The van der Waals surface area contributed by atoms with Crippen LogP contribution in [0.2, 0.25) is 0 Å². The molecule has 1 aliphatic carbocycles. The van der Waals surface area contributed by atoms with Crippen molar-refractivity contribution < 1.29 is 0 Å². The largest absolute Gasteiger partial charge is 0.300 e. The zero-order valence-electron chi connectivity index (χ0n) is 7.29. The topological polar surface area (TPSA) is 50.9 Å². The van der Waals surface area contributed by atoms with Gasteiger partial charge in [0.05, 0.1) is 5.69 Å². The number of nitrogen functional groups attached to an aromatic ring is 1. The summed E-state index contributed by atoms with van der Waals surface area (Å²) in [7, 11) is 0. The predicted molar refractivity (Wildman–Crippen MR) is 51.2 cm³/mol. The molecule has 1 aliphatic rings. The second kappa shape index (κ2) is 2.71. The summed E-state index contributed by atoms with van der Waals surface area (Å²) >= 11 is 1.64. The third-order valence-electron chi connectivity index (χ3n) is 2.42. The van der Waals surface area contributed by atoms with Gasteiger partial charge in [-0.15, -0.1) is 11.3 Å². The highest BCUT2D eigenvalue weighted by Gasteiger charge is 2.37. The molecule has 2 rings (SSSR count). The minimum Gasteiger partial charge on any atom is -0.300 e. The first-order valence-corrected chi connectivity index (χ1v) is 4.98. The summed E-state index contributed by atoms with van der Waals surface area (Å²) in [5.74, 6) is 6.80. The fourth-order valence-electron chi connectivity index (χ4n) is 1.52. The number of hydrogen-bond donors (Lipinski definition) is 2. The van der Waals surface area contributed by atoms with Gasteiger partial charge in [0.15, 0.2) is 5.13 Å². The Morgan fingerprint density at radius 2 is 2.33 bits per heavy atom. The maximum absolute atomic E-state index is 5.29. The standard InChI is InChI=1S/C8H13N3S/c1-4-3-6(4)7-5(2)12-8(10-7)11-9/h4,6H,3,9H2,1-2H3,(H,10,11). The van der Waals surface area contributed by atoms with Gasteiger partial charge in [0.2, 0.25) is 0 Å². The lowest BCUT2D eigenvalue weighted by Crippen LogP contribution is -2.05. The van der Waals surface area contributed by atoms with E-state index >= 15 is 0 Å². The van der Waals surface area contributed by atoms with E-state index in [9.17, 15) is 0 Å². The summed E-state index contributed by atoms with van der Waals surface area (Å²) in [6.45, 7) is 4.37. The molecule has 4 heteroatoms. The third-order valence-corrected chi connectivity index (χ3v) is 3.33. The van der Waals surface area contributed by atoms with Gasteiger partial charge in [-0.05, 0) is 19.3 Å². The molecule has 0 bridgehead atoms. The smallest absolute Gasteiger partial charge is 0.197 e. The van der Waals surface area contributed by atoms with E-state index in [2.05, 4.69) is 24.3 Å². The SMILES string of the molecule is Cc1sc(NN)nc1C1CC1C. The maximum atomic E-state index is 5.29. The van der Waals surface area contributed by atoms with E-state index in [0.29, 0.717) is 5.92 Å². The minimum atomic E-state index is 0.698. The summed E-state index contributed by atoms with van der Waals surface area (Å²) in [4.78, 5) is 5.73. The lowest BCUT2D eigenvalue weighted by atomic mass is 10.2. The highest BCUT2D eigenvalue weighted by Crippen LogP contribution is 2.48. The fourth-order valence-corrected chi connectivity index (χ4v) is 2.31. The van der Waals surface area contributed by atoms with Crippen LogP contribution < -0.4 is 11.3 Å². The van der Waals surface area contributed by atoms with Crippen molar-refractivity contribution in [2.24, 2.45) is 11.8 Å². The monoisotopic (exact) mass is 183 g/mol. The Balaban J connectivity index is 2.25. The Morgan fingerprint density at radius 3 is 2.75 bits per heavy atom. The third kappa shape index (κ3) is 1.21. The number of hydrogen-bond acceptors (Lipinski definition) is 4. The Hall–Kier alpha value is -0.610. The lowest BCUT2D eigenvalue weighted by Gasteiger charge is -1.91. The van der Waals surface area contributed by atoms with E-state index in [4.69, 9.17) is 5.84 Å². The average Bonchev–Trinajstić information content (AvgIpc) is 2.62. The summed E-state index contributed by atoms with van der Waals surface area (Å²) < 4.78 is 0. The van der Waals surface area contributed by atoms with Crippen molar-refractivity contribution in [2.45, 2.75) is 26.2 Å². The zero-order chi connectivity index (χ0) is 8.72. The number of anilines is 1. The summed E-state index contributed by atoms with van der Waals surface area (Å²) in [5, 5.41) is 0.835. The van der Waals surface area contributed by atoms with Crippen molar-refractivity contribution in [3.63, 3.8) is 0 Å². The van der Waals surface area contributed by atoms with Gasteiger partial charge in [-0.3, -0.25) is 5.43 Å². The molecule has 1 saturated carbocycles. The first-order chi connectivity index (χ1) is 5.72. The van der Waals surface area contributed by atoms with Gasteiger partial charge < -0.3 is 0 Å². The van der Waals surface area contributed by atoms with E-state index in [1.54, 1.807) is 11.3 Å². The molecule has 0 amide bonds. The van der Waals surface area contributed by atoms with Crippen molar-refractivity contribution in [3.05, 3.63) is 10.6 Å². The predicted octanol–water partition coefficient (Wildman–Crippen LogP) is 1.86. The molecule has 3 nitrogen and oxygen atoms in total. The van der Waals surface area contributed by atoms with Crippen LogP contribution in [0.1, 0.15) is 29.8 Å². The number of aryl methyl sites for hydroxylation is 1. The van der Waals surface area contributed by atoms with Crippen LogP contribution in [0.4, 0.5) is 5.13 Å².